The van der Waals surface area contributed by atoms with Crippen molar-refractivity contribution in [3.8, 4) is 28.7 Å². The smallest absolute Gasteiger partial charge is 0.203 e. The van der Waals surface area contributed by atoms with Crippen LogP contribution in [0.5, 0.6) is 28.7 Å². The Morgan fingerprint density at radius 1 is 0.867 bits per heavy atom. The zero-order valence-electron chi connectivity index (χ0n) is 18.4. The van der Waals surface area contributed by atoms with Crippen LogP contribution in [0.3, 0.4) is 0 Å². The number of ether oxygens (including phenoxy) is 5. The number of nitrogens with one attached hydrogen (secondary N) is 2. The molecule has 0 aliphatic rings. The van der Waals surface area contributed by atoms with Gasteiger partial charge in [-0.1, -0.05) is 12.1 Å². The molecule has 2 aromatic carbocycles. The number of nitrogens with zero attached hydrogens (tertiary/aromatic N) is 1. The molecule has 0 bridgehead atoms. The number of para-hydroxylation sites is 2. The second kappa shape index (κ2) is 11.6. The van der Waals surface area contributed by atoms with Crippen molar-refractivity contribution in [2.75, 3.05) is 42.0 Å². The van der Waals surface area contributed by atoms with Crippen LogP contribution in [0.1, 0.15) is 12.5 Å². The Bertz CT molecular complexity index is 816. The van der Waals surface area contributed by atoms with Gasteiger partial charge in [0.2, 0.25) is 5.75 Å². The van der Waals surface area contributed by atoms with Crippen molar-refractivity contribution >= 4 is 5.96 Å². The van der Waals surface area contributed by atoms with Crippen LogP contribution in [0.15, 0.2) is 41.4 Å². The Morgan fingerprint density at radius 3 is 2.00 bits per heavy atom. The van der Waals surface area contributed by atoms with Crippen LogP contribution in [-0.4, -0.2) is 54.1 Å². The minimum atomic E-state index is -0.0963. The van der Waals surface area contributed by atoms with E-state index in [4.69, 9.17) is 23.7 Å². The maximum absolute atomic E-state index is 5.96. The second-order valence-corrected chi connectivity index (χ2v) is 6.42. The van der Waals surface area contributed by atoms with E-state index >= 15 is 0 Å². The molecule has 164 valence electrons. The molecule has 0 saturated heterocycles. The molecule has 2 N–H and O–H groups in total. The van der Waals surface area contributed by atoms with Gasteiger partial charge in [-0.15, -0.1) is 0 Å². The number of rotatable bonds is 10. The highest BCUT2D eigenvalue weighted by Crippen LogP contribution is 2.38. The molecular weight excluding hydrogens is 386 g/mol. The zero-order valence-corrected chi connectivity index (χ0v) is 18.4. The van der Waals surface area contributed by atoms with Crippen LogP contribution in [0.4, 0.5) is 0 Å². The van der Waals surface area contributed by atoms with Crippen LogP contribution in [0, 0.1) is 0 Å². The van der Waals surface area contributed by atoms with Crippen molar-refractivity contribution in [3.63, 3.8) is 0 Å². The Kier molecular flexibility index (Phi) is 8.93. The van der Waals surface area contributed by atoms with E-state index in [0.717, 1.165) is 5.56 Å². The first-order valence-electron chi connectivity index (χ1n) is 9.59. The van der Waals surface area contributed by atoms with Gasteiger partial charge in [-0.05, 0) is 36.8 Å². The molecule has 0 radical (unpaired) electrons. The van der Waals surface area contributed by atoms with Gasteiger partial charge in [-0.3, -0.25) is 4.99 Å². The molecule has 0 aliphatic heterocycles. The van der Waals surface area contributed by atoms with E-state index in [0.29, 0.717) is 47.8 Å². The Morgan fingerprint density at radius 2 is 1.47 bits per heavy atom. The van der Waals surface area contributed by atoms with Gasteiger partial charge in [-0.2, -0.15) is 0 Å². The third-order valence-electron chi connectivity index (χ3n) is 4.36. The summed E-state index contributed by atoms with van der Waals surface area (Å²) in [5, 5.41) is 6.54. The van der Waals surface area contributed by atoms with Crippen LogP contribution < -0.4 is 34.3 Å². The molecule has 2 rings (SSSR count). The summed E-state index contributed by atoms with van der Waals surface area (Å²) in [5.41, 5.74) is 0.964. The van der Waals surface area contributed by atoms with Crippen molar-refractivity contribution in [2.24, 2.45) is 4.99 Å². The molecular formula is C22H31N3O5. The molecule has 0 aliphatic carbocycles. The third kappa shape index (κ3) is 6.10. The lowest BCUT2D eigenvalue weighted by Crippen LogP contribution is -2.41. The van der Waals surface area contributed by atoms with Gasteiger partial charge in [0.1, 0.15) is 6.10 Å². The van der Waals surface area contributed by atoms with Gasteiger partial charge >= 0.3 is 0 Å². The topological polar surface area (TPSA) is 82.6 Å². The molecule has 30 heavy (non-hydrogen) atoms. The fourth-order valence-electron chi connectivity index (χ4n) is 2.86. The van der Waals surface area contributed by atoms with Crippen LogP contribution in [-0.2, 0) is 6.54 Å². The lowest BCUT2D eigenvalue weighted by atomic mass is 10.2. The first-order chi connectivity index (χ1) is 14.6. The predicted octanol–water partition coefficient (Wildman–Crippen LogP) is 2.85. The first kappa shape index (κ1) is 23.0. The van der Waals surface area contributed by atoms with E-state index in [9.17, 15) is 0 Å². The van der Waals surface area contributed by atoms with Gasteiger partial charge in [0, 0.05) is 13.6 Å². The molecule has 0 amide bonds. The summed E-state index contributed by atoms with van der Waals surface area (Å²) in [6.45, 7) is 3.07. The Balaban J connectivity index is 1.93. The lowest BCUT2D eigenvalue weighted by molar-refractivity contribution is 0.213. The number of aliphatic imine (C=N–C) groups is 1. The number of hydrogen-bond donors (Lipinski definition) is 2. The van der Waals surface area contributed by atoms with Crippen LogP contribution in [0.25, 0.3) is 0 Å². The molecule has 1 unspecified atom stereocenters. The van der Waals surface area contributed by atoms with E-state index < -0.39 is 0 Å². The van der Waals surface area contributed by atoms with E-state index in [1.165, 1.54) is 0 Å². The number of methoxy groups -OCH3 is 4. The quantitative estimate of drug-likeness (QED) is 0.454. The van der Waals surface area contributed by atoms with Gasteiger partial charge in [-0.25, -0.2) is 0 Å². The van der Waals surface area contributed by atoms with Crippen LogP contribution >= 0.6 is 0 Å². The molecule has 0 fully saturated rings. The molecule has 2 aromatic rings. The SMILES string of the molecule is CN=C(NCc1cc(OC)c(OC)c(OC)c1)NCC(C)Oc1ccccc1OC. The average molecular weight is 418 g/mol. The Labute approximate surface area is 178 Å². The summed E-state index contributed by atoms with van der Waals surface area (Å²) >= 11 is 0. The maximum atomic E-state index is 5.96. The minimum Gasteiger partial charge on any atom is -0.493 e. The first-order valence-corrected chi connectivity index (χ1v) is 9.59. The average Bonchev–Trinajstić information content (AvgIpc) is 2.78. The molecule has 8 heteroatoms. The summed E-state index contributed by atoms with van der Waals surface area (Å²) in [6, 6.07) is 11.4. The fraction of sp³-hybridized carbons (Fsp3) is 0.409. The summed E-state index contributed by atoms with van der Waals surface area (Å²) in [4.78, 5) is 4.26. The largest absolute Gasteiger partial charge is 0.493 e. The molecule has 0 saturated carbocycles. The standard InChI is InChI=1S/C22H31N3O5/c1-15(30-18-10-8-7-9-17(18)26-3)13-24-22(23-2)25-14-16-11-19(27-4)21(29-6)20(12-16)28-5/h7-12,15H,13-14H2,1-6H3,(H2,23,24,25). The summed E-state index contributed by atoms with van der Waals surface area (Å²) < 4.78 is 27.5. The second-order valence-electron chi connectivity index (χ2n) is 6.42. The molecule has 8 nitrogen and oxygen atoms in total. The minimum absolute atomic E-state index is 0.0963. The predicted molar refractivity (Wildman–Crippen MR) is 117 cm³/mol. The highest BCUT2D eigenvalue weighted by Gasteiger charge is 2.14. The highest BCUT2D eigenvalue weighted by molar-refractivity contribution is 5.79. The van der Waals surface area contributed by atoms with Crippen molar-refractivity contribution in [1.82, 2.24) is 10.6 Å². The van der Waals surface area contributed by atoms with Gasteiger partial charge < -0.3 is 34.3 Å². The summed E-state index contributed by atoms with van der Waals surface area (Å²) in [6.07, 6.45) is -0.0963. The normalized spacial score (nSPS) is 12.0. The third-order valence-corrected chi connectivity index (χ3v) is 4.36. The van der Waals surface area contributed by atoms with Crippen LogP contribution in [0.2, 0.25) is 0 Å². The van der Waals surface area contributed by atoms with Crippen molar-refractivity contribution in [2.45, 2.75) is 19.6 Å². The monoisotopic (exact) mass is 417 g/mol. The number of benzene rings is 2. The summed E-state index contributed by atoms with van der Waals surface area (Å²) in [5.74, 6) is 3.84. The van der Waals surface area contributed by atoms with E-state index in [2.05, 4.69) is 15.6 Å². The van der Waals surface area contributed by atoms with E-state index in [1.54, 1.807) is 35.5 Å². The lowest BCUT2D eigenvalue weighted by Gasteiger charge is -2.19. The maximum Gasteiger partial charge on any atom is 0.203 e. The Hall–Kier alpha value is -3.29. The molecule has 0 aromatic heterocycles. The van der Waals surface area contributed by atoms with E-state index in [-0.39, 0.29) is 6.10 Å². The zero-order chi connectivity index (χ0) is 21.9. The van der Waals surface area contributed by atoms with Gasteiger partial charge in [0.25, 0.3) is 0 Å². The van der Waals surface area contributed by atoms with Gasteiger partial charge in [0.15, 0.2) is 29.0 Å². The molecule has 0 spiro atoms. The number of guanidine groups is 1. The summed E-state index contributed by atoms with van der Waals surface area (Å²) in [7, 11) is 8.12. The number of hydrogen-bond acceptors (Lipinski definition) is 6. The van der Waals surface area contributed by atoms with Gasteiger partial charge in [0.05, 0.1) is 35.0 Å². The van der Waals surface area contributed by atoms with Crippen molar-refractivity contribution in [1.29, 1.82) is 0 Å². The van der Waals surface area contributed by atoms with Crippen molar-refractivity contribution < 1.29 is 23.7 Å². The van der Waals surface area contributed by atoms with E-state index in [1.807, 2.05) is 43.3 Å². The molecule has 0 heterocycles. The highest BCUT2D eigenvalue weighted by atomic mass is 16.5. The van der Waals surface area contributed by atoms with Crippen molar-refractivity contribution in [3.05, 3.63) is 42.0 Å². The fourth-order valence-corrected chi connectivity index (χ4v) is 2.86. The molecule has 1 atom stereocenters.